The largest absolute Gasteiger partial charge is 0.480 e. The smallest absolute Gasteiger partial charge is 0.471 e. The predicted molar refractivity (Wildman–Crippen MR) is 106 cm³/mol. The van der Waals surface area contributed by atoms with Gasteiger partial charge in [0.05, 0.1) is 11.4 Å². The van der Waals surface area contributed by atoms with Crippen molar-refractivity contribution in [2.24, 2.45) is 11.3 Å². The molecule has 1 aromatic carbocycles. The highest BCUT2D eigenvalue weighted by Crippen LogP contribution is 2.47. The summed E-state index contributed by atoms with van der Waals surface area (Å²) in [7, 11) is 0. The zero-order valence-electron chi connectivity index (χ0n) is 17.8. The molecule has 0 bridgehead atoms. The number of hydrogen-bond acceptors (Lipinski definition) is 5. The molecule has 1 unspecified atom stereocenters. The molecule has 3 aliphatic rings. The molecule has 33 heavy (non-hydrogen) atoms. The van der Waals surface area contributed by atoms with Crippen LogP contribution in [0, 0.1) is 24.1 Å². The second kappa shape index (κ2) is 7.42. The van der Waals surface area contributed by atoms with Crippen molar-refractivity contribution >= 4 is 34.9 Å². The van der Waals surface area contributed by atoms with Crippen LogP contribution in [-0.4, -0.2) is 60.5 Å². The van der Waals surface area contributed by atoms with Crippen LogP contribution in [0.1, 0.15) is 35.7 Å². The fraction of sp³-hybridized carbons (Fsp3) is 0.524. The topological polar surface area (TPSA) is 107 Å². The number of anilines is 2. The summed E-state index contributed by atoms with van der Waals surface area (Å²) in [6, 6.07) is 0.654. The highest BCUT2D eigenvalue weighted by Gasteiger charge is 2.51. The number of alkyl halides is 3. The number of fused-ring (bicyclic) bond motifs is 1. The lowest BCUT2D eigenvalue weighted by molar-refractivity contribution is -0.174. The lowest BCUT2D eigenvalue weighted by atomic mass is 9.80. The Labute approximate surface area is 185 Å². The third-order valence-corrected chi connectivity index (χ3v) is 6.27. The molecule has 2 amide bonds. The standard InChI is InChI=1S/C21H21F4N3O5/c1-9-14-11(16(29)13(18(31)32)17(30)28(14)10-3-4-10)5-12(22)15(9)27-7-20(2,8-27)6-26-19(33)21(23,24)25/h5,10,13H,3-4,6-8H2,1-2H3,(H,26,33)(H,31,32). The maximum atomic E-state index is 15.1. The quantitative estimate of drug-likeness (QED) is 0.503. The number of rotatable bonds is 5. The van der Waals surface area contributed by atoms with Gasteiger partial charge in [0.15, 0.2) is 11.7 Å². The minimum atomic E-state index is -5.00. The molecule has 0 radical (unpaired) electrons. The van der Waals surface area contributed by atoms with Gasteiger partial charge in [0.2, 0.25) is 5.91 Å². The number of ketones is 1. The number of carboxylic acid groups (broad SMARTS) is 1. The van der Waals surface area contributed by atoms with Crippen molar-refractivity contribution in [2.75, 3.05) is 29.4 Å². The van der Waals surface area contributed by atoms with Crippen molar-refractivity contribution in [3.63, 3.8) is 0 Å². The number of hydrogen-bond donors (Lipinski definition) is 2. The van der Waals surface area contributed by atoms with Crippen LogP contribution in [0.4, 0.5) is 28.9 Å². The average molecular weight is 471 g/mol. The molecule has 2 aliphatic heterocycles. The van der Waals surface area contributed by atoms with E-state index in [4.69, 9.17) is 0 Å². The third kappa shape index (κ3) is 3.80. The van der Waals surface area contributed by atoms with Gasteiger partial charge in [0, 0.05) is 36.7 Å². The summed E-state index contributed by atoms with van der Waals surface area (Å²) in [5, 5.41) is 11.2. The van der Waals surface area contributed by atoms with Crippen LogP contribution in [-0.2, 0) is 14.4 Å². The maximum absolute atomic E-state index is 15.1. The number of Topliss-reactive ketones (excluding diaryl/α,β-unsaturated/α-hetero) is 1. The van der Waals surface area contributed by atoms with E-state index in [1.807, 2.05) is 5.32 Å². The Hall–Kier alpha value is -3.18. The van der Waals surface area contributed by atoms with E-state index in [-0.39, 0.29) is 48.2 Å². The van der Waals surface area contributed by atoms with Crippen LogP contribution < -0.4 is 15.1 Å². The second-order valence-electron chi connectivity index (χ2n) is 9.15. The first kappa shape index (κ1) is 23.0. The van der Waals surface area contributed by atoms with Crippen molar-refractivity contribution in [2.45, 2.75) is 38.9 Å². The van der Waals surface area contributed by atoms with Crippen molar-refractivity contribution in [3.05, 3.63) is 23.0 Å². The van der Waals surface area contributed by atoms with Gasteiger partial charge >= 0.3 is 18.1 Å². The summed E-state index contributed by atoms with van der Waals surface area (Å²) in [5.41, 5.74) is -0.364. The van der Waals surface area contributed by atoms with Gasteiger partial charge in [-0.3, -0.25) is 19.2 Å². The number of carbonyl (C=O) groups is 4. The van der Waals surface area contributed by atoms with Crippen LogP contribution >= 0.6 is 0 Å². The molecule has 2 N–H and O–H groups in total. The van der Waals surface area contributed by atoms with Crippen molar-refractivity contribution in [1.29, 1.82) is 0 Å². The molecule has 2 heterocycles. The Balaban J connectivity index is 1.63. The molecule has 8 nitrogen and oxygen atoms in total. The van der Waals surface area contributed by atoms with Gasteiger partial charge in [-0.1, -0.05) is 6.92 Å². The zero-order chi connectivity index (χ0) is 24.5. The first-order valence-corrected chi connectivity index (χ1v) is 10.3. The van der Waals surface area contributed by atoms with Crippen LogP contribution in [0.5, 0.6) is 0 Å². The van der Waals surface area contributed by atoms with Crippen molar-refractivity contribution in [3.8, 4) is 0 Å². The number of nitrogens with zero attached hydrogens (tertiary/aromatic N) is 2. The number of nitrogens with one attached hydrogen (secondary N) is 1. The third-order valence-electron chi connectivity index (χ3n) is 6.27. The normalized spacial score (nSPS) is 22.1. The van der Waals surface area contributed by atoms with E-state index >= 15 is 4.39 Å². The summed E-state index contributed by atoms with van der Waals surface area (Å²) in [5.74, 6) is -8.20. The van der Waals surface area contributed by atoms with E-state index in [1.54, 1.807) is 11.8 Å². The molecule has 1 saturated heterocycles. The van der Waals surface area contributed by atoms with E-state index < -0.39 is 46.9 Å². The van der Waals surface area contributed by atoms with Gasteiger partial charge in [0.1, 0.15) is 5.82 Å². The van der Waals surface area contributed by atoms with E-state index in [9.17, 15) is 37.5 Å². The first-order valence-electron chi connectivity index (χ1n) is 10.3. The number of amides is 2. The van der Waals surface area contributed by atoms with Crippen molar-refractivity contribution in [1.82, 2.24) is 5.32 Å². The molecule has 0 spiro atoms. The molecular formula is C21H21F4N3O5. The summed E-state index contributed by atoms with van der Waals surface area (Å²) in [6.45, 7) is 3.16. The Morgan fingerprint density at radius 3 is 2.33 bits per heavy atom. The first-order chi connectivity index (χ1) is 15.2. The number of halogens is 4. The average Bonchev–Trinajstić information content (AvgIpc) is 3.49. The summed E-state index contributed by atoms with van der Waals surface area (Å²) < 4.78 is 52.4. The minimum Gasteiger partial charge on any atom is -0.480 e. The highest BCUT2D eigenvalue weighted by molar-refractivity contribution is 6.30. The van der Waals surface area contributed by atoms with Crippen LogP contribution in [0.25, 0.3) is 0 Å². The number of aliphatic carboxylic acids is 1. The Morgan fingerprint density at radius 1 is 1.21 bits per heavy atom. The molecule has 178 valence electrons. The molecule has 1 saturated carbocycles. The minimum absolute atomic E-state index is 0.0911. The van der Waals surface area contributed by atoms with E-state index in [0.29, 0.717) is 12.8 Å². The van der Waals surface area contributed by atoms with Crippen molar-refractivity contribution < 1.29 is 41.8 Å². The van der Waals surface area contributed by atoms with Crippen LogP contribution in [0.2, 0.25) is 0 Å². The van der Waals surface area contributed by atoms with Gasteiger partial charge < -0.3 is 20.2 Å². The highest BCUT2D eigenvalue weighted by atomic mass is 19.4. The van der Waals surface area contributed by atoms with Gasteiger partial charge in [-0.15, -0.1) is 0 Å². The molecular weight excluding hydrogens is 450 g/mol. The fourth-order valence-corrected chi connectivity index (χ4v) is 4.61. The monoisotopic (exact) mass is 471 g/mol. The SMILES string of the molecule is Cc1c(N2CC(C)(CNC(=O)C(F)(F)F)C2)c(F)cc2c1N(C1CC1)C(=O)C(C(=O)O)C2=O. The Bertz CT molecular complexity index is 1080. The summed E-state index contributed by atoms with van der Waals surface area (Å²) in [4.78, 5) is 51.0. The molecule has 4 rings (SSSR count). The van der Waals surface area contributed by atoms with Gasteiger partial charge in [-0.2, -0.15) is 13.2 Å². The van der Waals surface area contributed by atoms with Crippen LogP contribution in [0.3, 0.4) is 0 Å². The number of carboxylic acids is 1. The predicted octanol–water partition coefficient (Wildman–Crippen LogP) is 2.03. The summed E-state index contributed by atoms with van der Waals surface area (Å²) >= 11 is 0. The zero-order valence-corrected chi connectivity index (χ0v) is 17.8. The van der Waals surface area contributed by atoms with Crippen LogP contribution in [0.15, 0.2) is 6.07 Å². The lowest BCUT2D eigenvalue weighted by Crippen LogP contribution is -2.60. The number of carbonyl (C=O) groups excluding carboxylic acids is 3. The molecule has 2 fully saturated rings. The fourth-order valence-electron chi connectivity index (χ4n) is 4.61. The molecule has 0 aromatic heterocycles. The lowest BCUT2D eigenvalue weighted by Gasteiger charge is -2.50. The summed E-state index contributed by atoms with van der Waals surface area (Å²) in [6.07, 6.45) is -3.75. The van der Waals surface area contributed by atoms with Gasteiger partial charge in [-0.25, -0.2) is 4.39 Å². The Morgan fingerprint density at radius 2 is 1.82 bits per heavy atom. The van der Waals surface area contributed by atoms with E-state index in [0.717, 1.165) is 6.07 Å². The molecule has 1 aliphatic carbocycles. The molecule has 1 aromatic rings. The van der Waals surface area contributed by atoms with E-state index in [2.05, 4.69) is 0 Å². The second-order valence-corrected chi connectivity index (χ2v) is 9.15. The molecule has 12 heteroatoms. The van der Waals surface area contributed by atoms with Gasteiger partial charge in [-0.05, 0) is 31.4 Å². The van der Waals surface area contributed by atoms with E-state index in [1.165, 1.54) is 11.8 Å². The molecule has 1 atom stereocenters. The Kier molecular flexibility index (Phi) is 5.17. The van der Waals surface area contributed by atoms with Gasteiger partial charge in [0.25, 0.3) is 0 Å². The maximum Gasteiger partial charge on any atom is 0.471 e. The number of benzene rings is 1.